The maximum Gasteiger partial charge on any atom is 0.335 e. The predicted octanol–water partition coefficient (Wildman–Crippen LogP) is 7.82. The zero-order valence-corrected chi connectivity index (χ0v) is 22.6. The molecule has 2 heterocycles. The molecule has 1 amide bonds. The Kier molecular flexibility index (Phi) is 7.00. The number of carboxylic acid groups (broad SMARTS) is 1. The van der Waals surface area contributed by atoms with E-state index in [4.69, 9.17) is 0 Å². The van der Waals surface area contributed by atoms with Gasteiger partial charge in [0.2, 0.25) is 0 Å². The van der Waals surface area contributed by atoms with E-state index >= 15 is 0 Å². The van der Waals surface area contributed by atoms with Gasteiger partial charge in [0, 0.05) is 28.9 Å². The average molecular weight is 561 g/mol. The van der Waals surface area contributed by atoms with Crippen LogP contribution in [-0.4, -0.2) is 21.4 Å². The van der Waals surface area contributed by atoms with Gasteiger partial charge in [-0.3, -0.25) is 4.79 Å². The number of carbonyl (C=O) groups excluding carboxylic acids is 1. The smallest absolute Gasteiger partial charge is 0.335 e. The van der Waals surface area contributed by atoms with Gasteiger partial charge in [-0.2, -0.15) is 0 Å². The van der Waals surface area contributed by atoms with Crippen LogP contribution in [0.25, 0.3) is 27.4 Å². The molecule has 42 heavy (non-hydrogen) atoms. The molecule has 6 aromatic rings. The van der Waals surface area contributed by atoms with E-state index < -0.39 is 17.8 Å². The van der Waals surface area contributed by atoms with E-state index in [1.165, 1.54) is 24.3 Å². The molecule has 1 atom stereocenters. The topological polar surface area (TPSA) is 70.8 Å². The minimum Gasteiger partial charge on any atom is -0.478 e. The van der Waals surface area contributed by atoms with Gasteiger partial charge in [-0.1, -0.05) is 60.7 Å². The number of carbonyl (C=O) groups is 2. The van der Waals surface area contributed by atoms with Crippen LogP contribution >= 0.6 is 0 Å². The van der Waals surface area contributed by atoms with Gasteiger partial charge >= 0.3 is 5.97 Å². The highest BCUT2D eigenvalue weighted by molar-refractivity contribution is 6.03. The molecule has 0 bridgehead atoms. The summed E-state index contributed by atoms with van der Waals surface area (Å²) in [5.74, 6) is -2.13. The van der Waals surface area contributed by atoms with Gasteiger partial charge in [0.05, 0.1) is 22.7 Å². The number of fused-ring (bicyclic) bond motifs is 2. The summed E-state index contributed by atoms with van der Waals surface area (Å²) in [5, 5.41) is 13.5. The maximum atomic E-state index is 14.9. The minimum absolute atomic E-state index is 0.152. The molecule has 0 saturated heterocycles. The third-order valence-corrected chi connectivity index (χ3v) is 7.53. The van der Waals surface area contributed by atoms with Gasteiger partial charge < -0.3 is 14.8 Å². The lowest BCUT2D eigenvalue weighted by molar-refractivity contribution is 0.0696. The second kappa shape index (κ2) is 10.9. The Hall–Kier alpha value is -5.30. The number of aromatic carboxylic acids is 1. The third-order valence-electron chi connectivity index (χ3n) is 7.53. The van der Waals surface area contributed by atoms with Crippen LogP contribution in [-0.2, 0) is 6.42 Å². The van der Waals surface area contributed by atoms with Crippen LogP contribution in [0.3, 0.4) is 0 Å². The summed E-state index contributed by atoms with van der Waals surface area (Å²) in [6.07, 6.45) is 3.98. The molecule has 208 valence electrons. The highest BCUT2D eigenvalue weighted by Gasteiger charge is 2.20. The molecule has 0 fully saturated rings. The van der Waals surface area contributed by atoms with E-state index in [2.05, 4.69) is 5.32 Å². The van der Waals surface area contributed by atoms with Crippen molar-refractivity contribution in [3.8, 4) is 11.1 Å². The summed E-state index contributed by atoms with van der Waals surface area (Å²) in [7, 11) is 0. The zero-order valence-electron chi connectivity index (χ0n) is 22.6. The van der Waals surface area contributed by atoms with Crippen molar-refractivity contribution < 1.29 is 23.5 Å². The Balaban J connectivity index is 1.42. The lowest BCUT2D eigenvalue weighted by atomic mass is 9.98. The normalized spacial score (nSPS) is 12.0. The molecule has 2 N–H and O–H groups in total. The van der Waals surface area contributed by atoms with E-state index in [9.17, 15) is 23.5 Å². The van der Waals surface area contributed by atoms with Crippen LogP contribution in [0.4, 0.5) is 8.78 Å². The van der Waals surface area contributed by atoms with Gasteiger partial charge in [0.1, 0.15) is 11.6 Å². The SMILES string of the molecule is C[C@H](NC(=O)c1cc(-c2ccccc2F)cn2ccc(Cc3cc(F)c4ccccc4c3)c12)c1ccc(C(=O)O)cc1. The first-order valence-electron chi connectivity index (χ1n) is 13.5. The molecule has 4 aromatic carbocycles. The number of aromatic nitrogens is 1. The molecule has 0 spiro atoms. The maximum absolute atomic E-state index is 14.9. The summed E-state index contributed by atoms with van der Waals surface area (Å²) in [5.41, 5.74) is 4.32. The molecular formula is C35H26F2N2O3. The summed E-state index contributed by atoms with van der Waals surface area (Å²) < 4.78 is 31.5. The van der Waals surface area contributed by atoms with Crippen molar-refractivity contribution in [3.05, 3.63) is 149 Å². The lowest BCUT2D eigenvalue weighted by Crippen LogP contribution is -2.27. The van der Waals surface area contributed by atoms with Crippen molar-refractivity contribution in [1.29, 1.82) is 0 Å². The standard InChI is InChI=1S/C35H26F2N2O3/c1-21(23-10-12-24(13-11-23)35(41)42)38-34(40)30-19-27(29-8-4-5-9-31(29)36)20-39-15-14-26(33(30)39)17-22-16-25-6-2-3-7-28(25)32(37)18-22/h2-16,18-21H,17H2,1H3,(H,38,40)(H,41,42)/t21-/m0/s1. The zero-order chi connectivity index (χ0) is 29.4. The number of hydrogen-bond acceptors (Lipinski definition) is 2. The van der Waals surface area contributed by atoms with Crippen LogP contribution in [0, 0.1) is 11.6 Å². The van der Waals surface area contributed by atoms with Crippen molar-refractivity contribution in [3.63, 3.8) is 0 Å². The molecule has 0 aliphatic rings. The molecule has 2 aromatic heterocycles. The van der Waals surface area contributed by atoms with E-state index in [1.807, 2.05) is 37.4 Å². The van der Waals surface area contributed by atoms with Crippen molar-refractivity contribution in [1.82, 2.24) is 9.72 Å². The van der Waals surface area contributed by atoms with E-state index in [1.54, 1.807) is 59.1 Å². The number of halogens is 2. The number of nitrogens with one attached hydrogen (secondary N) is 1. The van der Waals surface area contributed by atoms with Crippen molar-refractivity contribution >= 4 is 28.2 Å². The fourth-order valence-electron chi connectivity index (χ4n) is 5.39. The van der Waals surface area contributed by atoms with Crippen LogP contribution < -0.4 is 5.32 Å². The van der Waals surface area contributed by atoms with E-state index in [0.29, 0.717) is 34.0 Å². The number of carboxylic acids is 1. The molecular weight excluding hydrogens is 534 g/mol. The van der Waals surface area contributed by atoms with Crippen LogP contribution in [0.2, 0.25) is 0 Å². The first-order valence-corrected chi connectivity index (χ1v) is 13.5. The molecule has 0 saturated carbocycles. The van der Waals surface area contributed by atoms with Gasteiger partial charge in [0.25, 0.3) is 5.91 Å². The number of nitrogens with zero attached hydrogens (tertiary/aromatic N) is 1. The van der Waals surface area contributed by atoms with Gasteiger partial charge in [-0.15, -0.1) is 0 Å². The quantitative estimate of drug-likeness (QED) is 0.209. The van der Waals surface area contributed by atoms with Crippen LogP contribution in [0.15, 0.2) is 109 Å². The van der Waals surface area contributed by atoms with Crippen LogP contribution in [0.1, 0.15) is 50.4 Å². The number of hydrogen-bond donors (Lipinski definition) is 2. The average Bonchev–Trinajstić information content (AvgIpc) is 3.39. The van der Waals surface area contributed by atoms with Gasteiger partial charge in [-0.25, -0.2) is 13.6 Å². The Morgan fingerprint density at radius 3 is 2.38 bits per heavy atom. The Bertz CT molecular complexity index is 1980. The van der Waals surface area contributed by atoms with E-state index in [-0.39, 0.29) is 17.3 Å². The first kappa shape index (κ1) is 26.9. The van der Waals surface area contributed by atoms with Gasteiger partial charge in [-0.05, 0) is 71.8 Å². The van der Waals surface area contributed by atoms with Crippen molar-refractivity contribution in [2.45, 2.75) is 19.4 Å². The van der Waals surface area contributed by atoms with Crippen molar-refractivity contribution in [2.24, 2.45) is 0 Å². The molecule has 5 nitrogen and oxygen atoms in total. The monoisotopic (exact) mass is 560 g/mol. The Morgan fingerprint density at radius 1 is 0.881 bits per heavy atom. The van der Waals surface area contributed by atoms with Gasteiger partial charge in [0.15, 0.2) is 0 Å². The molecule has 6 rings (SSSR count). The fraction of sp³-hybridized carbons (Fsp3) is 0.0857. The highest BCUT2D eigenvalue weighted by Crippen LogP contribution is 2.30. The Labute approximate surface area is 240 Å². The second-order valence-electron chi connectivity index (χ2n) is 10.3. The molecule has 7 heteroatoms. The molecule has 0 aliphatic carbocycles. The number of rotatable bonds is 7. The first-order chi connectivity index (χ1) is 20.3. The van der Waals surface area contributed by atoms with Crippen LogP contribution in [0.5, 0.6) is 0 Å². The van der Waals surface area contributed by atoms with Crippen molar-refractivity contribution in [2.75, 3.05) is 0 Å². The minimum atomic E-state index is -1.03. The molecule has 0 aliphatic heterocycles. The summed E-state index contributed by atoms with van der Waals surface area (Å²) >= 11 is 0. The van der Waals surface area contributed by atoms with E-state index in [0.717, 1.165) is 22.1 Å². The fourth-order valence-corrected chi connectivity index (χ4v) is 5.39. The molecule has 0 unspecified atom stereocenters. The number of amides is 1. The summed E-state index contributed by atoms with van der Waals surface area (Å²) in [4.78, 5) is 25.1. The second-order valence-corrected chi connectivity index (χ2v) is 10.3. The highest BCUT2D eigenvalue weighted by atomic mass is 19.1. The summed E-state index contributed by atoms with van der Waals surface area (Å²) in [6, 6.07) is 26.5. The largest absolute Gasteiger partial charge is 0.478 e. The lowest BCUT2D eigenvalue weighted by Gasteiger charge is -2.17. The number of benzene rings is 4. The summed E-state index contributed by atoms with van der Waals surface area (Å²) in [6.45, 7) is 1.81. The predicted molar refractivity (Wildman–Crippen MR) is 159 cm³/mol. The molecule has 0 radical (unpaired) electrons. The third kappa shape index (κ3) is 5.12. The number of pyridine rings is 1. The Morgan fingerprint density at radius 2 is 1.62 bits per heavy atom.